The first-order chi connectivity index (χ1) is 9.85. The van der Waals surface area contributed by atoms with Crippen molar-refractivity contribution in [2.24, 2.45) is 5.84 Å². The summed E-state index contributed by atoms with van der Waals surface area (Å²) in [6.07, 6.45) is 2.37. The fourth-order valence-corrected chi connectivity index (χ4v) is 2.78. The number of fused-ring (bicyclic) bond motifs is 1. The number of hydrogen-bond donors (Lipinski definition) is 2. The van der Waals surface area contributed by atoms with Gasteiger partial charge >= 0.3 is 0 Å². The lowest BCUT2D eigenvalue weighted by atomic mass is 10.0. The van der Waals surface area contributed by atoms with Crippen LogP contribution in [0.2, 0.25) is 0 Å². The maximum absolute atomic E-state index is 5.41. The molecular weight excluding hydrogens is 248 g/mol. The second kappa shape index (κ2) is 6.03. The van der Waals surface area contributed by atoms with E-state index in [0.717, 1.165) is 31.1 Å². The average molecular weight is 268 g/mol. The maximum Gasteiger partial charge on any atom is 0.140 e. The Morgan fingerprint density at radius 3 is 2.80 bits per heavy atom. The first kappa shape index (κ1) is 13.1. The zero-order chi connectivity index (χ0) is 13.8. The summed E-state index contributed by atoms with van der Waals surface area (Å²) in [5, 5.41) is 0. The van der Waals surface area contributed by atoms with Crippen LogP contribution in [-0.2, 0) is 19.5 Å². The van der Waals surface area contributed by atoms with E-state index >= 15 is 0 Å². The van der Waals surface area contributed by atoms with E-state index in [-0.39, 0.29) is 0 Å². The van der Waals surface area contributed by atoms with E-state index in [4.69, 9.17) is 5.84 Å². The van der Waals surface area contributed by atoms with Crippen molar-refractivity contribution in [2.75, 3.05) is 12.0 Å². The monoisotopic (exact) mass is 268 g/mol. The number of hydrazine groups is 1. The SMILES string of the molecule is NNc1cccc(CN2CCCc3ccccc3C2)n1. The molecule has 0 saturated heterocycles. The summed E-state index contributed by atoms with van der Waals surface area (Å²) in [4.78, 5) is 6.95. The molecule has 4 heteroatoms. The second-order valence-electron chi connectivity index (χ2n) is 5.24. The van der Waals surface area contributed by atoms with Gasteiger partial charge in [0.1, 0.15) is 5.82 Å². The van der Waals surface area contributed by atoms with Crippen molar-refractivity contribution < 1.29 is 0 Å². The highest BCUT2D eigenvalue weighted by Crippen LogP contribution is 2.19. The van der Waals surface area contributed by atoms with E-state index in [1.807, 2.05) is 12.1 Å². The molecule has 4 nitrogen and oxygen atoms in total. The smallest absolute Gasteiger partial charge is 0.140 e. The number of nitrogens with zero attached hydrogens (tertiary/aromatic N) is 2. The molecule has 1 aliphatic heterocycles. The molecule has 0 saturated carbocycles. The van der Waals surface area contributed by atoms with Gasteiger partial charge in [0, 0.05) is 13.1 Å². The predicted molar refractivity (Wildman–Crippen MR) is 80.9 cm³/mol. The minimum atomic E-state index is 0.720. The lowest BCUT2D eigenvalue weighted by molar-refractivity contribution is 0.258. The number of nitrogens with two attached hydrogens (primary N) is 1. The summed E-state index contributed by atoms with van der Waals surface area (Å²) in [5.74, 6) is 6.13. The highest BCUT2D eigenvalue weighted by atomic mass is 15.3. The van der Waals surface area contributed by atoms with Crippen molar-refractivity contribution in [1.82, 2.24) is 9.88 Å². The van der Waals surface area contributed by atoms with Crippen molar-refractivity contribution in [3.05, 3.63) is 59.3 Å². The molecule has 2 heterocycles. The van der Waals surface area contributed by atoms with Crippen LogP contribution < -0.4 is 11.3 Å². The first-order valence-electron chi connectivity index (χ1n) is 7.07. The lowest BCUT2D eigenvalue weighted by Gasteiger charge is -2.20. The molecule has 0 fully saturated rings. The molecular formula is C16H20N4. The van der Waals surface area contributed by atoms with Gasteiger partial charge in [-0.15, -0.1) is 0 Å². The fourth-order valence-electron chi connectivity index (χ4n) is 2.78. The molecule has 0 bridgehead atoms. The summed E-state index contributed by atoms with van der Waals surface area (Å²) < 4.78 is 0. The van der Waals surface area contributed by atoms with Crippen LogP contribution in [0.15, 0.2) is 42.5 Å². The molecule has 3 N–H and O–H groups in total. The molecule has 3 rings (SSSR count). The zero-order valence-electron chi connectivity index (χ0n) is 11.5. The van der Waals surface area contributed by atoms with Gasteiger partial charge < -0.3 is 5.43 Å². The summed E-state index contributed by atoms with van der Waals surface area (Å²) >= 11 is 0. The van der Waals surface area contributed by atoms with Crippen LogP contribution in [0.1, 0.15) is 23.2 Å². The van der Waals surface area contributed by atoms with Crippen molar-refractivity contribution >= 4 is 5.82 Å². The Balaban J connectivity index is 1.74. The Kier molecular flexibility index (Phi) is 3.95. The zero-order valence-corrected chi connectivity index (χ0v) is 11.5. The number of rotatable bonds is 3. The average Bonchev–Trinajstić information content (AvgIpc) is 2.69. The minimum Gasteiger partial charge on any atom is -0.308 e. The van der Waals surface area contributed by atoms with Gasteiger partial charge in [-0.25, -0.2) is 10.8 Å². The van der Waals surface area contributed by atoms with Crippen LogP contribution in [0.4, 0.5) is 5.82 Å². The van der Waals surface area contributed by atoms with Crippen molar-refractivity contribution in [3.8, 4) is 0 Å². The molecule has 0 spiro atoms. The number of hydrogen-bond acceptors (Lipinski definition) is 4. The van der Waals surface area contributed by atoms with E-state index in [2.05, 4.69) is 45.6 Å². The Morgan fingerprint density at radius 2 is 1.95 bits per heavy atom. The predicted octanol–water partition coefficient (Wildman–Crippen LogP) is 2.32. The molecule has 0 amide bonds. The molecule has 1 aromatic carbocycles. The number of anilines is 1. The number of nitrogens with one attached hydrogen (secondary N) is 1. The van der Waals surface area contributed by atoms with Gasteiger partial charge in [0.15, 0.2) is 0 Å². The van der Waals surface area contributed by atoms with Crippen LogP contribution in [0.3, 0.4) is 0 Å². The minimum absolute atomic E-state index is 0.720. The van der Waals surface area contributed by atoms with Gasteiger partial charge in [-0.3, -0.25) is 4.90 Å². The fraction of sp³-hybridized carbons (Fsp3) is 0.312. The Labute approximate surface area is 119 Å². The molecule has 104 valence electrons. The summed E-state index contributed by atoms with van der Waals surface area (Å²) in [6.45, 7) is 2.97. The number of pyridine rings is 1. The maximum atomic E-state index is 5.41. The van der Waals surface area contributed by atoms with Gasteiger partial charge in [-0.2, -0.15) is 0 Å². The topological polar surface area (TPSA) is 54.2 Å². The molecule has 20 heavy (non-hydrogen) atoms. The number of benzene rings is 1. The first-order valence-corrected chi connectivity index (χ1v) is 7.07. The van der Waals surface area contributed by atoms with E-state index in [9.17, 15) is 0 Å². The van der Waals surface area contributed by atoms with Crippen molar-refractivity contribution in [3.63, 3.8) is 0 Å². The molecule has 0 aliphatic carbocycles. The standard InChI is InChI=1S/C16H20N4/c17-19-16-9-3-8-15(18-16)12-20-10-4-7-13-5-1-2-6-14(13)11-20/h1-3,5-6,8-9H,4,7,10-12,17H2,(H,18,19). The van der Waals surface area contributed by atoms with Gasteiger partial charge in [0.05, 0.1) is 5.69 Å². The Morgan fingerprint density at radius 1 is 1.10 bits per heavy atom. The quantitative estimate of drug-likeness (QED) is 0.662. The number of aromatic nitrogens is 1. The van der Waals surface area contributed by atoms with Crippen LogP contribution in [0.5, 0.6) is 0 Å². The Bertz CT molecular complexity index is 582. The van der Waals surface area contributed by atoms with E-state index in [1.54, 1.807) is 0 Å². The van der Waals surface area contributed by atoms with Gasteiger partial charge in [-0.1, -0.05) is 30.3 Å². The highest BCUT2D eigenvalue weighted by Gasteiger charge is 2.14. The van der Waals surface area contributed by atoms with Crippen LogP contribution >= 0.6 is 0 Å². The Hall–Kier alpha value is -1.91. The lowest BCUT2D eigenvalue weighted by Crippen LogP contribution is -2.23. The van der Waals surface area contributed by atoms with Gasteiger partial charge in [0.2, 0.25) is 0 Å². The largest absolute Gasteiger partial charge is 0.308 e. The van der Waals surface area contributed by atoms with Crippen LogP contribution in [0.25, 0.3) is 0 Å². The molecule has 0 radical (unpaired) electrons. The van der Waals surface area contributed by atoms with Gasteiger partial charge in [0.25, 0.3) is 0 Å². The van der Waals surface area contributed by atoms with Crippen LogP contribution in [-0.4, -0.2) is 16.4 Å². The van der Waals surface area contributed by atoms with Crippen molar-refractivity contribution in [1.29, 1.82) is 0 Å². The number of aryl methyl sites for hydroxylation is 1. The van der Waals surface area contributed by atoms with Crippen molar-refractivity contribution in [2.45, 2.75) is 25.9 Å². The highest BCUT2D eigenvalue weighted by molar-refractivity contribution is 5.33. The molecule has 2 aromatic rings. The summed E-state index contributed by atoms with van der Waals surface area (Å²) in [7, 11) is 0. The molecule has 0 atom stereocenters. The molecule has 0 unspecified atom stereocenters. The van der Waals surface area contributed by atoms with E-state index < -0.39 is 0 Å². The normalized spacial score (nSPS) is 15.4. The third-order valence-corrected chi connectivity index (χ3v) is 3.77. The third kappa shape index (κ3) is 2.98. The van der Waals surface area contributed by atoms with E-state index in [1.165, 1.54) is 24.0 Å². The molecule has 1 aromatic heterocycles. The number of nitrogen functional groups attached to an aromatic ring is 1. The summed E-state index contributed by atoms with van der Waals surface area (Å²) in [6, 6.07) is 14.7. The third-order valence-electron chi connectivity index (χ3n) is 3.77. The van der Waals surface area contributed by atoms with Crippen LogP contribution in [0, 0.1) is 0 Å². The summed E-state index contributed by atoms with van der Waals surface area (Å²) in [5.41, 5.74) is 6.59. The molecule has 1 aliphatic rings. The second-order valence-corrected chi connectivity index (χ2v) is 5.24. The van der Waals surface area contributed by atoms with Gasteiger partial charge in [-0.05, 0) is 42.6 Å². The van der Waals surface area contributed by atoms with E-state index in [0.29, 0.717) is 0 Å².